The molecule has 90 valence electrons. The number of thiophene rings is 1. The minimum absolute atomic E-state index is 0.146. The number of hydrogen-bond acceptors (Lipinski definition) is 4. The first-order chi connectivity index (χ1) is 7.77. The standard InChI is InChI=1S/C12H18OS3/c1-9-12(16-7-6-15-9)11(13)3-2-10-4-5-14-8-10/h4-5,8-9,11-13H,2-3,6-7H2,1H3. The molecule has 1 N–H and O–H groups in total. The smallest absolute Gasteiger partial charge is 0.0672 e. The highest BCUT2D eigenvalue weighted by Crippen LogP contribution is 2.34. The fraction of sp³-hybridized carbons (Fsp3) is 0.667. The molecule has 16 heavy (non-hydrogen) atoms. The second-order valence-corrected chi connectivity index (χ2v) is 7.70. The first kappa shape index (κ1) is 12.8. The Morgan fingerprint density at radius 3 is 2.94 bits per heavy atom. The molecule has 2 heterocycles. The minimum Gasteiger partial charge on any atom is -0.392 e. The van der Waals surface area contributed by atoms with Gasteiger partial charge in [-0.1, -0.05) is 6.92 Å². The largest absolute Gasteiger partial charge is 0.392 e. The van der Waals surface area contributed by atoms with Crippen molar-refractivity contribution in [3.8, 4) is 0 Å². The Bertz CT molecular complexity index is 299. The summed E-state index contributed by atoms with van der Waals surface area (Å²) in [5.74, 6) is 2.43. The van der Waals surface area contributed by atoms with E-state index in [4.69, 9.17) is 0 Å². The summed E-state index contributed by atoms with van der Waals surface area (Å²) >= 11 is 5.68. The third-order valence-corrected chi connectivity index (χ3v) is 6.89. The number of aryl methyl sites for hydroxylation is 1. The van der Waals surface area contributed by atoms with E-state index in [1.165, 1.54) is 17.1 Å². The van der Waals surface area contributed by atoms with Crippen molar-refractivity contribution < 1.29 is 5.11 Å². The molecule has 1 fully saturated rings. The Balaban J connectivity index is 1.80. The van der Waals surface area contributed by atoms with Crippen LogP contribution in [-0.4, -0.2) is 33.2 Å². The number of aliphatic hydroxyl groups is 1. The van der Waals surface area contributed by atoms with Crippen LogP contribution in [0.5, 0.6) is 0 Å². The van der Waals surface area contributed by atoms with Gasteiger partial charge in [0.25, 0.3) is 0 Å². The number of aliphatic hydroxyl groups excluding tert-OH is 1. The van der Waals surface area contributed by atoms with Crippen LogP contribution in [-0.2, 0) is 6.42 Å². The zero-order chi connectivity index (χ0) is 11.4. The van der Waals surface area contributed by atoms with Crippen molar-refractivity contribution in [1.82, 2.24) is 0 Å². The van der Waals surface area contributed by atoms with Gasteiger partial charge in [0.2, 0.25) is 0 Å². The molecule has 1 aliphatic heterocycles. The summed E-state index contributed by atoms with van der Waals surface area (Å²) in [6.45, 7) is 2.25. The van der Waals surface area contributed by atoms with Crippen molar-refractivity contribution in [2.75, 3.05) is 11.5 Å². The average Bonchev–Trinajstić information content (AvgIpc) is 2.79. The fourth-order valence-corrected chi connectivity index (χ4v) is 5.57. The normalized spacial score (nSPS) is 27.9. The van der Waals surface area contributed by atoms with Gasteiger partial charge in [-0.15, -0.1) is 0 Å². The van der Waals surface area contributed by atoms with Gasteiger partial charge in [-0.3, -0.25) is 0 Å². The molecule has 1 aliphatic rings. The van der Waals surface area contributed by atoms with Gasteiger partial charge in [0, 0.05) is 22.0 Å². The maximum atomic E-state index is 10.2. The van der Waals surface area contributed by atoms with Crippen LogP contribution in [0.15, 0.2) is 16.8 Å². The van der Waals surface area contributed by atoms with E-state index in [9.17, 15) is 5.11 Å². The second kappa shape index (κ2) is 6.34. The van der Waals surface area contributed by atoms with Crippen LogP contribution < -0.4 is 0 Å². The van der Waals surface area contributed by atoms with Crippen molar-refractivity contribution in [1.29, 1.82) is 0 Å². The first-order valence-corrected chi connectivity index (χ1v) is 8.74. The SMILES string of the molecule is CC1SCCSC1C(O)CCc1ccsc1. The van der Waals surface area contributed by atoms with E-state index in [1.807, 2.05) is 23.5 Å². The van der Waals surface area contributed by atoms with Gasteiger partial charge in [-0.25, -0.2) is 0 Å². The van der Waals surface area contributed by atoms with E-state index >= 15 is 0 Å². The van der Waals surface area contributed by atoms with E-state index in [-0.39, 0.29) is 6.10 Å². The molecule has 0 bridgehead atoms. The topological polar surface area (TPSA) is 20.2 Å². The van der Waals surface area contributed by atoms with Crippen molar-refractivity contribution in [2.24, 2.45) is 0 Å². The van der Waals surface area contributed by atoms with Gasteiger partial charge < -0.3 is 5.11 Å². The van der Waals surface area contributed by atoms with E-state index in [1.54, 1.807) is 11.3 Å². The molecule has 0 saturated carbocycles. The minimum atomic E-state index is -0.146. The van der Waals surface area contributed by atoms with Crippen molar-refractivity contribution in [3.05, 3.63) is 22.4 Å². The van der Waals surface area contributed by atoms with Gasteiger partial charge in [-0.2, -0.15) is 34.9 Å². The molecular weight excluding hydrogens is 256 g/mol. The zero-order valence-corrected chi connectivity index (χ0v) is 11.9. The van der Waals surface area contributed by atoms with Gasteiger partial charge in [-0.05, 0) is 35.2 Å². The Labute approximate surface area is 110 Å². The van der Waals surface area contributed by atoms with Crippen molar-refractivity contribution in [3.63, 3.8) is 0 Å². The molecule has 2 rings (SSSR count). The molecule has 1 saturated heterocycles. The van der Waals surface area contributed by atoms with Gasteiger partial charge in [0.15, 0.2) is 0 Å². The quantitative estimate of drug-likeness (QED) is 0.910. The zero-order valence-electron chi connectivity index (χ0n) is 9.46. The van der Waals surface area contributed by atoms with Crippen LogP contribution in [0.4, 0.5) is 0 Å². The summed E-state index contributed by atoms with van der Waals surface area (Å²) in [6, 6.07) is 2.16. The van der Waals surface area contributed by atoms with Gasteiger partial charge in [0.1, 0.15) is 0 Å². The third kappa shape index (κ3) is 3.42. The molecule has 0 spiro atoms. The van der Waals surface area contributed by atoms with Crippen LogP contribution in [0.2, 0.25) is 0 Å². The molecule has 0 radical (unpaired) electrons. The second-order valence-electron chi connectivity index (χ2n) is 4.15. The van der Waals surface area contributed by atoms with Gasteiger partial charge >= 0.3 is 0 Å². The maximum Gasteiger partial charge on any atom is 0.0672 e. The Hall–Kier alpha value is 0.360. The summed E-state index contributed by atoms with van der Waals surface area (Å²) in [4.78, 5) is 0. The van der Waals surface area contributed by atoms with E-state index in [2.05, 4.69) is 23.8 Å². The van der Waals surface area contributed by atoms with E-state index in [0.29, 0.717) is 10.5 Å². The molecule has 1 nitrogen and oxygen atoms in total. The monoisotopic (exact) mass is 274 g/mol. The molecule has 1 aromatic heterocycles. The van der Waals surface area contributed by atoms with Crippen LogP contribution in [0.25, 0.3) is 0 Å². The molecule has 3 unspecified atom stereocenters. The highest BCUT2D eigenvalue weighted by molar-refractivity contribution is 8.07. The molecule has 0 aliphatic carbocycles. The molecule has 0 aromatic carbocycles. The summed E-state index contributed by atoms with van der Waals surface area (Å²) in [5, 5.41) is 15.5. The highest BCUT2D eigenvalue weighted by atomic mass is 32.2. The van der Waals surface area contributed by atoms with Crippen LogP contribution in [0, 0.1) is 0 Å². The lowest BCUT2D eigenvalue weighted by Gasteiger charge is -2.31. The average molecular weight is 274 g/mol. The molecule has 0 amide bonds. The van der Waals surface area contributed by atoms with Crippen LogP contribution >= 0.6 is 34.9 Å². The number of rotatable bonds is 4. The van der Waals surface area contributed by atoms with E-state index in [0.717, 1.165) is 12.8 Å². The Morgan fingerprint density at radius 1 is 1.44 bits per heavy atom. The Morgan fingerprint density at radius 2 is 2.25 bits per heavy atom. The predicted octanol–water partition coefficient (Wildman–Crippen LogP) is 3.28. The first-order valence-electron chi connectivity index (χ1n) is 5.69. The summed E-state index contributed by atoms with van der Waals surface area (Å²) < 4.78 is 0. The Kier molecular flexibility index (Phi) is 5.07. The lowest BCUT2D eigenvalue weighted by Crippen LogP contribution is -2.34. The summed E-state index contributed by atoms with van der Waals surface area (Å²) in [6.07, 6.45) is 1.77. The highest BCUT2D eigenvalue weighted by Gasteiger charge is 2.28. The summed E-state index contributed by atoms with van der Waals surface area (Å²) in [7, 11) is 0. The molecule has 3 atom stereocenters. The lowest BCUT2D eigenvalue weighted by atomic mass is 10.1. The fourth-order valence-electron chi connectivity index (χ4n) is 1.99. The molecule has 4 heteroatoms. The number of thioether (sulfide) groups is 2. The lowest BCUT2D eigenvalue weighted by molar-refractivity contribution is 0.161. The van der Waals surface area contributed by atoms with E-state index < -0.39 is 0 Å². The van der Waals surface area contributed by atoms with Crippen molar-refractivity contribution >= 4 is 34.9 Å². The number of hydrogen-bond donors (Lipinski definition) is 1. The third-order valence-electron chi connectivity index (χ3n) is 2.93. The predicted molar refractivity (Wildman–Crippen MR) is 76.8 cm³/mol. The van der Waals surface area contributed by atoms with Crippen molar-refractivity contribution in [2.45, 2.75) is 36.4 Å². The summed E-state index contributed by atoms with van der Waals surface area (Å²) in [5.41, 5.74) is 1.37. The molecule has 1 aromatic rings. The van der Waals surface area contributed by atoms with Gasteiger partial charge in [0.05, 0.1) is 6.10 Å². The molecular formula is C12H18OS3. The van der Waals surface area contributed by atoms with Crippen LogP contribution in [0.3, 0.4) is 0 Å². The maximum absolute atomic E-state index is 10.2. The van der Waals surface area contributed by atoms with Crippen LogP contribution in [0.1, 0.15) is 18.9 Å².